The highest BCUT2D eigenvalue weighted by molar-refractivity contribution is 8.16. The number of hydrogen-bond donors (Lipinski definition) is 1. The molecule has 1 radical (unpaired) electrons. The second kappa shape index (κ2) is 8.93. The number of aromatic amines is 1. The Kier molecular flexibility index (Phi) is 6.56. The van der Waals surface area contributed by atoms with Crippen LogP contribution in [0.25, 0.3) is 10.9 Å². The highest BCUT2D eigenvalue weighted by atomic mass is 127. The maximum absolute atomic E-state index is 13.1. The molecule has 2 aliphatic rings. The molecule has 0 aliphatic carbocycles. The van der Waals surface area contributed by atoms with E-state index in [-0.39, 0.29) is 48.0 Å². The summed E-state index contributed by atoms with van der Waals surface area (Å²) >= 11 is 7.30. The molecule has 2 aromatic heterocycles. The van der Waals surface area contributed by atoms with Crippen LogP contribution in [0.4, 0.5) is 5.69 Å². The summed E-state index contributed by atoms with van der Waals surface area (Å²) in [4.78, 5) is 27.0. The van der Waals surface area contributed by atoms with Gasteiger partial charge in [-0.1, -0.05) is 11.6 Å². The number of aryl methyl sites for hydroxylation is 1. The second-order valence-corrected chi connectivity index (χ2v) is 10.7. The molecule has 0 unspecified atom stereocenters. The first-order valence-electron chi connectivity index (χ1n) is 9.62. The van der Waals surface area contributed by atoms with E-state index in [1.165, 1.54) is 16.1 Å². The molecule has 5 rings (SSSR count). The van der Waals surface area contributed by atoms with Crippen LogP contribution >= 0.6 is 23.4 Å². The number of fused-ring (bicyclic) bond motifs is 2. The van der Waals surface area contributed by atoms with Crippen LogP contribution in [0, 0.1) is 6.92 Å². The van der Waals surface area contributed by atoms with Crippen LogP contribution < -0.4 is 29.0 Å². The van der Waals surface area contributed by atoms with E-state index in [0.717, 1.165) is 21.7 Å². The average molecular weight is 603 g/mol. The number of benzene rings is 1. The van der Waals surface area contributed by atoms with Crippen LogP contribution in [0.3, 0.4) is 0 Å². The minimum absolute atomic E-state index is 0. The molecule has 1 aromatic carbocycles. The zero-order valence-electron chi connectivity index (χ0n) is 16.9. The van der Waals surface area contributed by atoms with Crippen molar-refractivity contribution in [3.05, 3.63) is 47.2 Å². The molecule has 3 aromatic rings. The number of halogens is 2. The Morgan fingerprint density at radius 1 is 1.19 bits per heavy atom. The maximum Gasteiger partial charge on any atom is 0.381 e. The molecule has 0 spiro atoms. The molecular formula is C20H18ClIN5O3S2. The van der Waals surface area contributed by atoms with Crippen LogP contribution in [-0.2, 0) is 14.8 Å². The number of aromatic nitrogens is 2. The van der Waals surface area contributed by atoms with Crippen LogP contribution in [0.1, 0.15) is 5.69 Å². The Hall–Kier alpha value is -1.67. The third-order valence-electron chi connectivity index (χ3n) is 5.30. The number of nitrogens with one attached hydrogen (secondary N) is 1. The molecule has 32 heavy (non-hydrogen) atoms. The number of carbonyl (C=O) groups is 1. The number of piperazine rings is 1. The first kappa shape index (κ1) is 23.5. The summed E-state index contributed by atoms with van der Waals surface area (Å²) < 4.78 is 27.6. The zero-order chi connectivity index (χ0) is 21.8. The van der Waals surface area contributed by atoms with Gasteiger partial charge in [-0.25, -0.2) is 8.42 Å². The highest BCUT2D eigenvalue weighted by Gasteiger charge is 2.39. The van der Waals surface area contributed by atoms with Gasteiger partial charge in [0.2, 0.25) is 0 Å². The number of pyridine rings is 1. The Bertz CT molecular complexity index is 1350. The molecule has 0 bridgehead atoms. The smallest absolute Gasteiger partial charge is 0.381 e. The molecule has 167 valence electrons. The molecule has 2 aliphatic heterocycles. The summed E-state index contributed by atoms with van der Waals surface area (Å²) in [5.74, 6) is -0.184. The van der Waals surface area contributed by atoms with Crippen LogP contribution in [0.15, 0.2) is 46.5 Å². The molecule has 0 saturated carbocycles. The fraction of sp³-hybridized carbons (Fsp3) is 0.250. The lowest BCUT2D eigenvalue weighted by atomic mass is 10.2. The summed E-state index contributed by atoms with van der Waals surface area (Å²) in [6.07, 6.45) is 1.72. The Balaban J connectivity index is 0.00000245. The van der Waals surface area contributed by atoms with Gasteiger partial charge in [-0.2, -0.15) is 4.31 Å². The molecular weight excluding hydrogens is 585 g/mol. The van der Waals surface area contributed by atoms with Crippen molar-refractivity contribution in [2.45, 2.75) is 16.8 Å². The van der Waals surface area contributed by atoms with Gasteiger partial charge in [-0.15, -0.1) is 0 Å². The second-order valence-electron chi connectivity index (χ2n) is 7.37. The fourth-order valence-electron chi connectivity index (χ4n) is 3.65. The van der Waals surface area contributed by atoms with Crippen molar-refractivity contribution >= 4 is 60.9 Å². The average Bonchev–Trinajstić information content (AvgIpc) is 3.37. The molecule has 4 heterocycles. The number of sulfonamides is 1. The van der Waals surface area contributed by atoms with E-state index in [4.69, 9.17) is 11.6 Å². The van der Waals surface area contributed by atoms with E-state index in [1.807, 2.05) is 13.0 Å². The Morgan fingerprint density at radius 3 is 2.69 bits per heavy atom. The van der Waals surface area contributed by atoms with Crippen molar-refractivity contribution in [1.82, 2.24) is 24.2 Å². The maximum atomic E-state index is 13.1. The number of H-pyrrole nitrogens is 1. The molecule has 0 atom stereocenters. The van der Waals surface area contributed by atoms with E-state index in [2.05, 4.69) is 15.0 Å². The first-order valence-corrected chi connectivity index (χ1v) is 12.3. The van der Waals surface area contributed by atoms with E-state index < -0.39 is 10.0 Å². The molecule has 1 amide bonds. The van der Waals surface area contributed by atoms with Crippen LogP contribution in [0.2, 0.25) is 5.02 Å². The van der Waals surface area contributed by atoms with Gasteiger partial charge in [-0.3, -0.25) is 9.78 Å². The summed E-state index contributed by atoms with van der Waals surface area (Å²) in [6.45, 7) is 2.92. The molecule has 8 nitrogen and oxygen atoms in total. The number of hydrogen-bond acceptors (Lipinski definition) is 6. The highest BCUT2D eigenvalue weighted by Crippen LogP contribution is 2.33. The number of carbonyl (C=O) groups excluding carboxylic acids is 1. The van der Waals surface area contributed by atoms with Crippen molar-refractivity contribution < 1.29 is 37.2 Å². The van der Waals surface area contributed by atoms with Crippen molar-refractivity contribution in [2.75, 3.05) is 26.2 Å². The number of aliphatic imine (C=N–C) groups is 1. The quantitative estimate of drug-likeness (QED) is 0.409. The van der Waals surface area contributed by atoms with Gasteiger partial charge in [0.1, 0.15) is 9.92 Å². The van der Waals surface area contributed by atoms with Crippen LogP contribution in [-0.4, -0.2) is 64.7 Å². The third kappa shape index (κ3) is 4.28. The van der Waals surface area contributed by atoms with Crippen molar-refractivity contribution in [1.29, 1.82) is 0 Å². The summed E-state index contributed by atoms with van der Waals surface area (Å²) in [6, 6.07) is 8.62. The number of thioether (sulfide) groups is 1. The lowest BCUT2D eigenvalue weighted by Crippen LogP contribution is -3.00. The molecule has 1 N–H and O–H groups in total. The Labute approximate surface area is 211 Å². The number of amides is 1. The van der Waals surface area contributed by atoms with E-state index >= 15 is 0 Å². The topological polar surface area (TPSA) is 100 Å². The first-order chi connectivity index (χ1) is 14.8. The van der Waals surface area contributed by atoms with Crippen molar-refractivity contribution in [3.63, 3.8) is 0 Å². The van der Waals surface area contributed by atoms with E-state index in [1.54, 1.807) is 35.4 Å². The predicted octanol–water partition coefficient (Wildman–Crippen LogP) is -0.467. The summed E-state index contributed by atoms with van der Waals surface area (Å²) in [5, 5.41) is 1.80. The third-order valence-corrected chi connectivity index (χ3v) is 8.35. The standard InChI is InChI=1S/C20H18ClN5O3S2.HI/c1-12-8-16-17(11-22-12)30-19(24-16)20(27)25-4-6-26(7-5-25)31(28,29)18-10-13-9-14(21)2-3-15(13)23-18;/h2-3,8-11,23H,4-7H2,1H3;1H/q+1;/p-1. The van der Waals surface area contributed by atoms with E-state index in [9.17, 15) is 13.2 Å². The minimum atomic E-state index is -3.70. The number of rotatable bonds is 3. The minimum Gasteiger partial charge on any atom is -1.00 e. The molecule has 1 fully saturated rings. The van der Waals surface area contributed by atoms with Gasteiger partial charge in [0.25, 0.3) is 15.7 Å². The van der Waals surface area contributed by atoms with Crippen molar-refractivity contribution in [3.8, 4) is 0 Å². The molecule has 1 saturated heterocycles. The monoisotopic (exact) mass is 602 g/mol. The van der Waals surface area contributed by atoms with Gasteiger partial charge in [0.05, 0.1) is 4.99 Å². The lowest BCUT2D eigenvalue weighted by molar-refractivity contribution is -0.124. The predicted molar refractivity (Wildman–Crippen MR) is 120 cm³/mol. The summed E-state index contributed by atoms with van der Waals surface area (Å²) in [7, 11) is -3.70. The summed E-state index contributed by atoms with van der Waals surface area (Å²) in [5.41, 5.74) is 2.30. The van der Waals surface area contributed by atoms with Gasteiger partial charge in [-0.05, 0) is 31.2 Å². The lowest BCUT2D eigenvalue weighted by Gasteiger charge is -2.32. The fourth-order valence-corrected chi connectivity index (χ4v) is 6.15. The van der Waals surface area contributed by atoms with E-state index in [0.29, 0.717) is 28.7 Å². The van der Waals surface area contributed by atoms with Gasteiger partial charge in [0.15, 0.2) is 0 Å². The van der Waals surface area contributed by atoms with Crippen LogP contribution in [0.5, 0.6) is 0 Å². The Morgan fingerprint density at radius 2 is 1.94 bits per heavy atom. The zero-order valence-corrected chi connectivity index (χ0v) is 21.4. The number of nitrogens with zero attached hydrogens (tertiary/aromatic N) is 4. The van der Waals surface area contributed by atoms with Gasteiger partial charge < -0.3 is 33.9 Å². The van der Waals surface area contributed by atoms with Gasteiger partial charge >= 0.3 is 11.0 Å². The largest absolute Gasteiger partial charge is 1.00 e. The van der Waals surface area contributed by atoms with Gasteiger partial charge in [0, 0.05) is 71.8 Å². The molecule has 12 heteroatoms. The van der Waals surface area contributed by atoms with Crippen molar-refractivity contribution in [2.24, 2.45) is 0 Å². The normalized spacial score (nSPS) is 16.6. The SMILES string of the molecule is Cc1cc2c(cn1)SC(C(=O)N1CCN(S(=O)(=O)c3cc4cc(Cl)ccc4[nH]3)CC1)=[N+]2.[I-].